The highest BCUT2D eigenvalue weighted by Crippen LogP contribution is 2.23. The highest BCUT2D eigenvalue weighted by atomic mass is 32.2. The molecule has 0 bridgehead atoms. The molecule has 0 radical (unpaired) electrons. The molecule has 1 amide bonds. The van der Waals surface area contributed by atoms with E-state index >= 15 is 0 Å². The van der Waals surface area contributed by atoms with Crippen LogP contribution in [0.5, 0.6) is 17.4 Å². The van der Waals surface area contributed by atoms with E-state index in [1.54, 1.807) is 24.3 Å². The van der Waals surface area contributed by atoms with E-state index in [9.17, 15) is 13.2 Å². The van der Waals surface area contributed by atoms with Crippen molar-refractivity contribution in [2.45, 2.75) is 4.90 Å². The Balaban J connectivity index is 1.38. The quantitative estimate of drug-likeness (QED) is 0.284. The van der Waals surface area contributed by atoms with E-state index in [1.165, 1.54) is 43.8 Å². The second-order valence-corrected chi connectivity index (χ2v) is 9.19. The molecule has 0 aliphatic heterocycles. The number of hydrogen-bond donors (Lipinski definition) is 2. The summed E-state index contributed by atoms with van der Waals surface area (Å²) in [5, 5.41) is 2.75. The molecule has 4 rings (SSSR count). The number of para-hydroxylation sites is 2. The number of benzene rings is 3. The molecule has 2 N–H and O–H groups in total. The van der Waals surface area contributed by atoms with Gasteiger partial charge in [-0.05, 0) is 48.5 Å². The molecule has 11 heteroatoms. The minimum atomic E-state index is -3.96. The second kappa shape index (κ2) is 11.9. The number of anilines is 2. The summed E-state index contributed by atoms with van der Waals surface area (Å²) in [6.07, 6.45) is 2.73. The highest BCUT2D eigenvalue weighted by molar-refractivity contribution is 7.92. The molecule has 37 heavy (non-hydrogen) atoms. The fourth-order valence-corrected chi connectivity index (χ4v) is 4.26. The van der Waals surface area contributed by atoms with Gasteiger partial charge in [0.2, 0.25) is 5.82 Å². The molecule has 0 saturated heterocycles. The molecular formula is C26H24N4O6S. The number of nitrogens with zero attached hydrogens (tertiary/aromatic N) is 2. The van der Waals surface area contributed by atoms with Crippen LogP contribution in [-0.4, -0.2) is 44.6 Å². The fourth-order valence-electron chi connectivity index (χ4n) is 3.25. The minimum absolute atomic E-state index is 0.0274. The van der Waals surface area contributed by atoms with Gasteiger partial charge in [-0.1, -0.05) is 30.3 Å². The van der Waals surface area contributed by atoms with Crippen molar-refractivity contribution in [2.24, 2.45) is 0 Å². The van der Waals surface area contributed by atoms with Gasteiger partial charge >= 0.3 is 0 Å². The molecule has 0 unspecified atom stereocenters. The SMILES string of the molecule is COc1nccnc1NS(=O)(=O)c1ccc(NC(=O)c2ccccc2OCCOc2ccccc2)cc1. The largest absolute Gasteiger partial charge is 0.490 e. The number of amides is 1. The van der Waals surface area contributed by atoms with Gasteiger partial charge in [-0.15, -0.1) is 0 Å². The van der Waals surface area contributed by atoms with Gasteiger partial charge in [-0.2, -0.15) is 0 Å². The van der Waals surface area contributed by atoms with Crippen LogP contribution in [0.25, 0.3) is 0 Å². The molecule has 1 aromatic heterocycles. The van der Waals surface area contributed by atoms with Gasteiger partial charge in [0, 0.05) is 18.1 Å². The Morgan fingerprint density at radius 3 is 2.27 bits per heavy atom. The van der Waals surface area contributed by atoms with Crippen LogP contribution in [-0.2, 0) is 10.0 Å². The summed E-state index contributed by atoms with van der Waals surface area (Å²) in [5.74, 6) is 0.736. The minimum Gasteiger partial charge on any atom is -0.490 e. The Morgan fingerprint density at radius 1 is 0.838 bits per heavy atom. The number of carbonyl (C=O) groups excluding carboxylic acids is 1. The average Bonchev–Trinajstić information content (AvgIpc) is 2.92. The van der Waals surface area contributed by atoms with Crippen molar-refractivity contribution in [1.29, 1.82) is 0 Å². The number of methoxy groups -OCH3 is 1. The third-order valence-corrected chi connectivity index (χ3v) is 6.35. The average molecular weight is 521 g/mol. The molecule has 10 nitrogen and oxygen atoms in total. The molecule has 0 atom stereocenters. The maximum absolute atomic E-state index is 12.9. The number of aromatic nitrogens is 2. The van der Waals surface area contributed by atoms with Crippen molar-refractivity contribution in [1.82, 2.24) is 9.97 Å². The second-order valence-electron chi connectivity index (χ2n) is 7.50. The summed E-state index contributed by atoms with van der Waals surface area (Å²) in [7, 11) is -2.60. The van der Waals surface area contributed by atoms with E-state index in [0.717, 1.165) is 5.75 Å². The summed E-state index contributed by atoms with van der Waals surface area (Å²) < 4.78 is 44.2. The van der Waals surface area contributed by atoms with Gasteiger partial charge in [0.15, 0.2) is 0 Å². The first-order valence-corrected chi connectivity index (χ1v) is 12.6. The summed E-state index contributed by atoms with van der Waals surface area (Å²) in [5.41, 5.74) is 0.735. The third-order valence-electron chi connectivity index (χ3n) is 5.00. The van der Waals surface area contributed by atoms with Crippen LogP contribution in [0.15, 0.2) is 96.2 Å². The summed E-state index contributed by atoms with van der Waals surface area (Å²) in [4.78, 5) is 20.7. The predicted octanol–water partition coefficient (Wildman–Crippen LogP) is 4.00. The van der Waals surface area contributed by atoms with Crippen LogP contribution in [0.2, 0.25) is 0 Å². The standard InChI is InChI=1S/C26H24N4O6S/c1-34-26-24(27-15-16-28-26)30-37(32,33)21-13-11-19(12-14-21)29-25(31)22-9-5-6-10-23(22)36-18-17-35-20-7-3-2-4-8-20/h2-16H,17-18H2,1H3,(H,27,30)(H,29,31). The summed E-state index contributed by atoms with van der Waals surface area (Å²) in [6.45, 7) is 0.555. The van der Waals surface area contributed by atoms with Crippen molar-refractivity contribution in [2.75, 3.05) is 30.4 Å². The van der Waals surface area contributed by atoms with Crippen LogP contribution in [0.4, 0.5) is 11.5 Å². The van der Waals surface area contributed by atoms with Crippen LogP contribution < -0.4 is 24.2 Å². The van der Waals surface area contributed by atoms with Gasteiger partial charge < -0.3 is 19.5 Å². The van der Waals surface area contributed by atoms with Crippen molar-refractivity contribution in [3.63, 3.8) is 0 Å². The van der Waals surface area contributed by atoms with Gasteiger partial charge in [0.05, 0.1) is 17.6 Å². The van der Waals surface area contributed by atoms with Crippen molar-refractivity contribution < 1.29 is 27.4 Å². The predicted molar refractivity (Wildman–Crippen MR) is 138 cm³/mol. The van der Waals surface area contributed by atoms with Gasteiger partial charge in [0.1, 0.15) is 24.7 Å². The summed E-state index contributed by atoms with van der Waals surface area (Å²) >= 11 is 0. The van der Waals surface area contributed by atoms with Crippen molar-refractivity contribution in [3.05, 3.63) is 96.8 Å². The van der Waals surface area contributed by atoms with E-state index in [0.29, 0.717) is 23.6 Å². The lowest BCUT2D eigenvalue weighted by Gasteiger charge is -2.13. The number of nitrogens with one attached hydrogen (secondary N) is 2. The van der Waals surface area contributed by atoms with E-state index < -0.39 is 15.9 Å². The van der Waals surface area contributed by atoms with Crippen LogP contribution in [0.3, 0.4) is 0 Å². The van der Waals surface area contributed by atoms with E-state index in [1.807, 2.05) is 30.3 Å². The normalized spacial score (nSPS) is 10.8. The number of sulfonamides is 1. The fraction of sp³-hybridized carbons (Fsp3) is 0.115. The Bertz CT molecular complexity index is 1450. The topological polar surface area (TPSA) is 129 Å². The Kier molecular flexibility index (Phi) is 8.16. The molecule has 0 fully saturated rings. The lowest BCUT2D eigenvalue weighted by atomic mass is 10.2. The van der Waals surface area contributed by atoms with Gasteiger partial charge in [0.25, 0.3) is 21.8 Å². The molecule has 190 valence electrons. The lowest BCUT2D eigenvalue weighted by Crippen LogP contribution is -2.16. The molecule has 1 heterocycles. The van der Waals surface area contributed by atoms with E-state index in [2.05, 4.69) is 20.0 Å². The number of ether oxygens (including phenoxy) is 3. The molecular weight excluding hydrogens is 496 g/mol. The molecule has 0 saturated carbocycles. The zero-order valence-corrected chi connectivity index (χ0v) is 20.6. The molecule has 0 aliphatic carbocycles. The van der Waals surface area contributed by atoms with Crippen LogP contribution in [0, 0.1) is 0 Å². The van der Waals surface area contributed by atoms with Crippen LogP contribution >= 0.6 is 0 Å². The first-order chi connectivity index (χ1) is 18.0. The van der Waals surface area contributed by atoms with E-state index in [4.69, 9.17) is 14.2 Å². The monoisotopic (exact) mass is 520 g/mol. The number of rotatable bonds is 11. The van der Waals surface area contributed by atoms with Crippen molar-refractivity contribution in [3.8, 4) is 17.4 Å². The molecule has 0 aliphatic rings. The highest BCUT2D eigenvalue weighted by Gasteiger charge is 2.19. The maximum Gasteiger partial charge on any atom is 0.263 e. The smallest absolute Gasteiger partial charge is 0.263 e. The lowest BCUT2D eigenvalue weighted by molar-refractivity contribution is 0.102. The molecule has 4 aromatic rings. The van der Waals surface area contributed by atoms with Gasteiger partial charge in [-0.3, -0.25) is 9.52 Å². The Labute approximate surface area is 214 Å². The van der Waals surface area contributed by atoms with Crippen molar-refractivity contribution >= 4 is 27.4 Å². The van der Waals surface area contributed by atoms with Gasteiger partial charge in [-0.25, -0.2) is 18.4 Å². The third kappa shape index (κ3) is 6.73. The van der Waals surface area contributed by atoms with E-state index in [-0.39, 0.29) is 23.2 Å². The zero-order valence-electron chi connectivity index (χ0n) is 19.8. The molecule has 3 aromatic carbocycles. The first kappa shape index (κ1) is 25.5. The summed E-state index contributed by atoms with van der Waals surface area (Å²) in [6, 6.07) is 21.9. The number of carbonyl (C=O) groups is 1. The Morgan fingerprint density at radius 2 is 1.51 bits per heavy atom. The first-order valence-electron chi connectivity index (χ1n) is 11.2. The number of hydrogen-bond acceptors (Lipinski definition) is 8. The maximum atomic E-state index is 12.9. The Hall–Kier alpha value is -4.64. The zero-order chi connectivity index (χ0) is 26.1. The van der Waals surface area contributed by atoms with Crippen LogP contribution in [0.1, 0.15) is 10.4 Å². The molecule has 0 spiro atoms.